The van der Waals surface area contributed by atoms with E-state index in [9.17, 15) is 4.79 Å². The van der Waals surface area contributed by atoms with Gasteiger partial charge in [0.1, 0.15) is 0 Å². The van der Waals surface area contributed by atoms with E-state index < -0.39 is 0 Å². The zero-order valence-electron chi connectivity index (χ0n) is 6.84. The fourth-order valence-corrected chi connectivity index (χ4v) is 2.15. The lowest BCUT2D eigenvalue weighted by atomic mass is 10.2. The first-order chi connectivity index (χ1) is 4.45. The standard InChI is InChI=1S/C7H13NOS/c1-5-6(9)10-7(2,3)8(5)4/h5H,1-4H3. The predicted octanol–water partition coefficient (Wildman–Crippen LogP) is 1.32. The fourth-order valence-electron chi connectivity index (χ4n) is 1.03. The minimum atomic E-state index is -0.00347. The van der Waals surface area contributed by atoms with Crippen molar-refractivity contribution in [1.82, 2.24) is 4.90 Å². The van der Waals surface area contributed by atoms with Gasteiger partial charge in [0.25, 0.3) is 0 Å². The number of rotatable bonds is 0. The third kappa shape index (κ3) is 1.08. The lowest BCUT2D eigenvalue weighted by Gasteiger charge is -2.27. The van der Waals surface area contributed by atoms with Crippen LogP contribution in [0.2, 0.25) is 0 Å². The molecule has 1 atom stereocenters. The molecule has 1 fully saturated rings. The SMILES string of the molecule is CC1C(=O)SC(C)(C)N1C. The molecule has 0 spiro atoms. The number of hydrogen-bond donors (Lipinski definition) is 0. The van der Waals surface area contributed by atoms with E-state index in [1.54, 1.807) is 0 Å². The molecule has 0 N–H and O–H groups in total. The van der Waals surface area contributed by atoms with E-state index in [0.717, 1.165) is 0 Å². The highest BCUT2D eigenvalue weighted by atomic mass is 32.2. The molecule has 1 rings (SSSR count). The molecule has 1 aliphatic rings. The molecule has 0 radical (unpaired) electrons. The molecule has 1 heterocycles. The van der Waals surface area contributed by atoms with Crippen LogP contribution in [0, 0.1) is 0 Å². The molecule has 2 nitrogen and oxygen atoms in total. The second-order valence-corrected chi connectivity index (χ2v) is 4.76. The summed E-state index contributed by atoms with van der Waals surface area (Å²) in [4.78, 5) is 13.2. The summed E-state index contributed by atoms with van der Waals surface area (Å²) < 4.78 is 0. The number of nitrogens with zero attached hydrogens (tertiary/aromatic N) is 1. The van der Waals surface area contributed by atoms with Crippen LogP contribution in [0.3, 0.4) is 0 Å². The van der Waals surface area contributed by atoms with Crippen molar-refractivity contribution in [3.63, 3.8) is 0 Å². The average Bonchev–Trinajstić information content (AvgIpc) is 1.95. The summed E-state index contributed by atoms with van der Waals surface area (Å²) in [5.74, 6) is 0. The highest BCUT2D eigenvalue weighted by Gasteiger charge is 2.41. The van der Waals surface area contributed by atoms with Gasteiger partial charge in [-0.05, 0) is 27.8 Å². The summed E-state index contributed by atoms with van der Waals surface area (Å²) in [6, 6.07) is 0.0833. The highest BCUT2D eigenvalue weighted by molar-refractivity contribution is 8.15. The van der Waals surface area contributed by atoms with E-state index in [-0.39, 0.29) is 16.0 Å². The van der Waals surface area contributed by atoms with Crippen LogP contribution >= 0.6 is 11.8 Å². The van der Waals surface area contributed by atoms with Crippen LogP contribution in [0.25, 0.3) is 0 Å². The van der Waals surface area contributed by atoms with Crippen LogP contribution in [0.1, 0.15) is 20.8 Å². The first-order valence-corrected chi connectivity index (χ1v) is 4.22. The smallest absolute Gasteiger partial charge is 0.207 e. The molecule has 0 saturated carbocycles. The lowest BCUT2D eigenvalue weighted by molar-refractivity contribution is -0.113. The van der Waals surface area contributed by atoms with Crippen LogP contribution in [-0.2, 0) is 4.79 Å². The first kappa shape index (κ1) is 8.08. The van der Waals surface area contributed by atoms with Crippen molar-refractivity contribution in [2.24, 2.45) is 0 Å². The summed E-state index contributed by atoms with van der Waals surface area (Å²) in [6.07, 6.45) is 0. The number of likely N-dealkylation sites (N-methyl/N-ethyl adjacent to an activating group) is 1. The Morgan fingerprint density at radius 2 is 2.10 bits per heavy atom. The Hall–Kier alpha value is -0.0200. The first-order valence-electron chi connectivity index (χ1n) is 3.41. The molecule has 10 heavy (non-hydrogen) atoms. The van der Waals surface area contributed by atoms with Gasteiger partial charge in [-0.3, -0.25) is 9.69 Å². The number of carbonyl (C=O) groups excluding carboxylic acids is 1. The Balaban J connectivity index is 2.81. The Labute approximate surface area is 66.0 Å². The van der Waals surface area contributed by atoms with Gasteiger partial charge < -0.3 is 0 Å². The Morgan fingerprint density at radius 3 is 2.20 bits per heavy atom. The third-order valence-corrected chi connectivity index (χ3v) is 3.45. The Kier molecular flexibility index (Phi) is 1.81. The summed E-state index contributed by atoms with van der Waals surface area (Å²) in [5, 5.41) is 0.285. The van der Waals surface area contributed by atoms with Gasteiger partial charge in [0, 0.05) is 0 Å². The quantitative estimate of drug-likeness (QED) is 0.531. The van der Waals surface area contributed by atoms with Gasteiger partial charge in [0.05, 0.1) is 10.9 Å². The van der Waals surface area contributed by atoms with Gasteiger partial charge in [-0.15, -0.1) is 0 Å². The average molecular weight is 159 g/mol. The van der Waals surface area contributed by atoms with Gasteiger partial charge >= 0.3 is 0 Å². The van der Waals surface area contributed by atoms with E-state index in [0.29, 0.717) is 0 Å². The lowest BCUT2D eigenvalue weighted by Crippen LogP contribution is -2.37. The van der Waals surface area contributed by atoms with Gasteiger partial charge in [-0.1, -0.05) is 11.8 Å². The molecule has 0 bridgehead atoms. The normalized spacial score (nSPS) is 33.2. The minimum Gasteiger partial charge on any atom is -0.285 e. The molecule has 58 valence electrons. The van der Waals surface area contributed by atoms with Crippen LogP contribution < -0.4 is 0 Å². The molecular weight excluding hydrogens is 146 g/mol. The largest absolute Gasteiger partial charge is 0.285 e. The molecular formula is C7H13NOS. The van der Waals surface area contributed by atoms with Crippen molar-refractivity contribution >= 4 is 16.9 Å². The molecule has 0 aliphatic carbocycles. The van der Waals surface area contributed by atoms with Gasteiger partial charge in [0.2, 0.25) is 5.12 Å². The van der Waals surface area contributed by atoms with Crippen molar-refractivity contribution in [3.05, 3.63) is 0 Å². The number of carbonyl (C=O) groups is 1. The molecule has 0 aromatic carbocycles. The van der Waals surface area contributed by atoms with Crippen molar-refractivity contribution < 1.29 is 4.79 Å². The summed E-state index contributed by atoms with van der Waals surface area (Å²) in [6.45, 7) is 6.09. The van der Waals surface area contributed by atoms with E-state index in [1.165, 1.54) is 11.8 Å². The van der Waals surface area contributed by atoms with E-state index >= 15 is 0 Å². The Bertz CT molecular complexity index is 167. The summed E-state index contributed by atoms with van der Waals surface area (Å²) in [5.41, 5.74) is 0. The summed E-state index contributed by atoms with van der Waals surface area (Å²) in [7, 11) is 1.99. The van der Waals surface area contributed by atoms with Crippen LogP contribution in [0.4, 0.5) is 0 Å². The maximum atomic E-state index is 11.1. The molecule has 0 aromatic heterocycles. The fraction of sp³-hybridized carbons (Fsp3) is 0.857. The monoisotopic (exact) mass is 159 g/mol. The second kappa shape index (κ2) is 2.24. The summed E-state index contributed by atoms with van der Waals surface area (Å²) >= 11 is 1.43. The maximum Gasteiger partial charge on any atom is 0.207 e. The van der Waals surface area contributed by atoms with E-state index in [2.05, 4.69) is 18.7 Å². The number of hydrogen-bond acceptors (Lipinski definition) is 3. The van der Waals surface area contributed by atoms with Crippen molar-refractivity contribution in [1.29, 1.82) is 0 Å². The van der Waals surface area contributed by atoms with E-state index in [4.69, 9.17) is 0 Å². The van der Waals surface area contributed by atoms with Gasteiger partial charge in [-0.25, -0.2) is 0 Å². The zero-order chi connectivity index (χ0) is 7.94. The van der Waals surface area contributed by atoms with E-state index in [1.807, 2.05) is 14.0 Å². The van der Waals surface area contributed by atoms with Gasteiger partial charge in [-0.2, -0.15) is 0 Å². The third-order valence-electron chi connectivity index (χ3n) is 2.12. The predicted molar refractivity (Wildman–Crippen MR) is 43.9 cm³/mol. The second-order valence-electron chi connectivity index (χ2n) is 3.15. The molecule has 0 amide bonds. The molecule has 1 saturated heterocycles. The van der Waals surface area contributed by atoms with Crippen molar-refractivity contribution in [2.45, 2.75) is 31.7 Å². The number of thioether (sulfide) groups is 1. The Morgan fingerprint density at radius 1 is 1.60 bits per heavy atom. The van der Waals surface area contributed by atoms with Gasteiger partial charge in [0.15, 0.2) is 0 Å². The van der Waals surface area contributed by atoms with Crippen molar-refractivity contribution in [3.8, 4) is 0 Å². The molecule has 1 aliphatic heterocycles. The van der Waals surface area contributed by atoms with Crippen molar-refractivity contribution in [2.75, 3.05) is 7.05 Å². The van der Waals surface area contributed by atoms with Crippen LogP contribution in [0.5, 0.6) is 0 Å². The highest BCUT2D eigenvalue weighted by Crippen LogP contribution is 2.37. The maximum absolute atomic E-state index is 11.1. The van der Waals surface area contributed by atoms with Crippen LogP contribution in [0.15, 0.2) is 0 Å². The molecule has 1 unspecified atom stereocenters. The zero-order valence-corrected chi connectivity index (χ0v) is 7.66. The minimum absolute atomic E-state index is 0.00347. The topological polar surface area (TPSA) is 20.3 Å². The molecule has 0 aromatic rings. The van der Waals surface area contributed by atoms with Crippen LogP contribution in [-0.4, -0.2) is 28.0 Å². The molecule has 3 heteroatoms.